The van der Waals surface area contributed by atoms with Crippen LogP contribution in [0, 0.1) is 0 Å². The van der Waals surface area contributed by atoms with Gasteiger partial charge in [-0.15, -0.1) is 0 Å². The number of methoxy groups -OCH3 is 4. The quantitative estimate of drug-likeness (QED) is 0.251. The third-order valence-electron chi connectivity index (χ3n) is 6.49. The van der Waals surface area contributed by atoms with E-state index in [4.69, 9.17) is 28.9 Å². The molecule has 2 aliphatic rings. The van der Waals surface area contributed by atoms with Gasteiger partial charge in [0.2, 0.25) is 0 Å². The standard InChI is InChI=1S/C30H26N4O4.Ni/c1-35-27-23-16-21-13-11-19(32-21)14-18-10-12-20(31-18)15-22-24(17-8-6-5-7-9-17)28(36-2)25(33-22)29(37-3)26(34-23)30(27)38-4;/h5-16,31,34H,1-4H3;. The third-order valence-corrected chi connectivity index (χ3v) is 6.49. The van der Waals surface area contributed by atoms with Crippen LogP contribution in [0.1, 0.15) is 28.3 Å². The number of aromatic amines is 2. The first-order valence-electron chi connectivity index (χ1n) is 12.1. The van der Waals surface area contributed by atoms with Crippen molar-refractivity contribution in [2.45, 2.75) is 0 Å². The number of ether oxygens (including phenoxy) is 4. The summed E-state index contributed by atoms with van der Waals surface area (Å²) in [5.74, 6) is 2.06. The first kappa shape index (κ1) is 26.1. The van der Waals surface area contributed by atoms with Crippen molar-refractivity contribution in [2.24, 2.45) is 0 Å². The molecular formula is C30H26N4NiO4. The van der Waals surface area contributed by atoms with Crippen LogP contribution in [-0.2, 0) is 21.2 Å². The number of hydrogen-bond acceptors (Lipinski definition) is 6. The van der Waals surface area contributed by atoms with Crippen molar-refractivity contribution < 1.29 is 35.4 Å². The number of fused-ring (bicyclic) bond motifs is 8. The molecule has 2 aliphatic heterocycles. The second-order valence-electron chi connectivity index (χ2n) is 8.73. The van der Waals surface area contributed by atoms with Gasteiger partial charge in [0.05, 0.1) is 56.6 Å². The van der Waals surface area contributed by atoms with Gasteiger partial charge in [-0.2, -0.15) is 0 Å². The fourth-order valence-corrected chi connectivity index (χ4v) is 4.87. The molecule has 3 aromatic heterocycles. The van der Waals surface area contributed by atoms with Crippen molar-refractivity contribution in [2.75, 3.05) is 28.4 Å². The van der Waals surface area contributed by atoms with Gasteiger partial charge in [-0.05, 0) is 48.0 Å². The van der Waals surface area contributed by atoms with Crippen molar-refractivity contribution in [3.05, 3.63) is 89.0 Å². The number of aromatic nitrogens is 4. The molecule has 1 aromatic carbocycles. The zero-order valence-electron chi connectivity index (χ0n) is 21.8. The summed E-state index contributed by atoms with van der Waals surface area (Å²) >= 11 is 0. The van der Waals surface area contributed by atoms with E-state index in [1.54, 1.807) is 28.4 Å². The second kappa shape index (κ2) is 10.7. The summed E-state index contributed by atoms with van der Waals surface area (Å²) in [5, 5.41) is 0. The van der Waals surface area contributed by atoms with E-state index in [1.807, 2.05) is 72.8 Å². The Bertz CT molecular complexity index is 1770. The van der Waals surface area contributed by atoms with E-state index in [-0.39, 0.29) is 16.5 Å². The molecule has 0 radical (unpaired) electrons. The fourth-order valence-electron chi connectivity index (χ4n) is 4.87. The SMILES string of the molecule is COC1=C(c2ccccc2)c2cc3ccc(cc4nc(cc5[nH]c(c(OC)c1n2)c(OC)c5OC)C=C4)[nH]3.[Ni]. The van der Waals surface area contributed by atoms with Crippen LogP contribution in [0.15, 0.2) is 60.7 Å². The van der Waals surface area contributed by atoms with Crippen molar-refractivity contribution >= 4 is 45.6 Å². The van der Waals surface area contributed by atoms with Gasteiger partial charge in [-0.3, -0.25) is 0 Å². The number of rotatable bonds is 5. The molecule has 8 nitrogen and oxygen atoms in total. The molecule has 0 spiro atoms. The molecule has 0 amide bonds. The van der Waals surface area contributed by atoms with Gasteiger partial charge in [-0.1, -0.05) is 30.3 Å². The Morgan fingerprint density at radius 1 is 0.641 bits per heavy atom. The van der Waals surface area contributed by atoms with Crippen LogP contribution < -0.4 is 14.2 Å². The van der Waals surface area contributed by atoms with Crippen molar-refractivity contribution in [1.82, 2.24) is 19.9 Å². The first-order valence-corrected chi connectivity index (χ1v) is 12.1. The number of benzene rings is 1. The first-order chi connectivity index (χ1) is 18.6. The van der Waals surface area contributed by atoms with Gasteiger partial charge >= 0.3 is 0 Å². The predicted octanol–water partition coefficient (Wildman–Crippen LogP) is 6.07. The monoisotopic (exact) mass is 564 g/mol. The van der Waals surface area contributed by atoms with Gasteiger partial charge in [0.25, 0.3) is 0 Å². The van der Waals surface area contributed by atoms with Crippen molar-refractivity contribution in [1.29, 1.82) is 0 Å². The minimum absolute atomic E-state index is 0. The average Bonchev–Trinajstić information content (AvgIpc) is 3.71. The van der Waals surface area contributed by atoms with Crippen LogP contribution >= 0.6 is 0 Å². The Kier molecular flexibility index (Phi) is 7.18. The van der Waals surface area contributed by atoms with Crippen LogP contribution in [0.5, 0.6) is 17.2 Å². The summed E-state index contributed by atoms with van der Waals surface area (Å²) in [6.45, 7) is 0. The summed E-state index contributed by atoms with van der Waals surface area (Å²) in [5.41, 5.74) is 7.79. The maximum Gasteiger partial charge on any atom is 0.190 e. The number of nitrogens with zero attached hydrogens (tertiary/aromatic N) is 2. The zero-order valence-corrected chi connectivity index (χ0v) is 22.8. The molecule has 0 aliphatic carbocycles. The molecule has 0 fully saturated rings. The second-order valence-corrected chi connectivity index (χ2v) is 8.73. The molecule has 9 heteroatoms. The van der Waals surface area contributed by atoms with Crippen LogP contribution in [0.2, 0.25) is 0 Å². The number of hydrogen-bond donors (Lipinski definition) is 2. The van der Waals surface area contributed by atoms with Gasteiger partial charge in [0, 0.05) is 27.5 Å². The van der Waals surface area contributed by atoms with E-state index < -0.39 is 0 Å². The Morgan fingerprint density at radius 3 is 1.97 bits per heavy atom. The van der Waals surface area contributed by atoms with E-state index >= 15 is 0 Å². The molecular weight excluding hydrogens is 539 g/mol. The summed E-state index contributed by atoms with van der Waals surface area (Å²) < 4.78 is 23.5. The minimum Gasteiger partial charge on any atom is -0.494 e. The molecule has 200 valence electrons. The Labute approximate surface area is 235 Å². The molecule has 0 unspecified atom stereocenters. The molecule has 0 saturated heterocycles. The predicted molar refractivity (Wildman–Crippen MR) is 149 cm³/mol. The maximum atomic E-state index is 5.99. The Balaban J connectivity index is 0.00000308. The van der Waals surface area contributed by atoms with Crippen molar-refractivity contribution in [3.63, 3.8) is 0 Å². The molecule has 2 N–H and O–H groups in total. The Morgan fingerprint density at radius 2 is 1.31 bits per heavy atom. The number of nitrogens with one attached hydrogen (secondary N) is 2. The molecule has 4 aromatic rings. The molecule has 8 bridgehead atoms. The van der Waals surface area contributed by atoms with E-state index in [0.717, 1.165) is 39.3 Å². The van der Waals surface area contributed by atoms with Gasteiger partial charge in [-0.25, -0.2) is 9.97 Å². The normalized spacial score (nSPS) is 12.2. The van der Waals surface area contributed by atoms with Gasteiger partial charge in [0.15, 0.2) is 28.7 Å². The zero-order chi connectivity index (χ0) is 26.2. The summed E-state index contributed by atoms with van der Waals surface area (Å²) in [4.78, 5) is 16.6. The van der Waals surface area contributed by atoms with E-state index in [1.165, 1.54) is 0 Å². The summed E-state index contributed by atoms with van der Waals surface area (Å²) in [7, 11) is 6.43. The molecule has 39 heavy (non-hydrogen) atoms. The Hall–Kier alpha value is -4.49. The largest absolute Gasteiger partial charge is 0.494 e. The molecule has 6 rings (SSSR count). The van der Waals surface area contributed by atoms with Crippen LogP contribution in [-0.4, -0.2) is 48.4 Å². The van der Waals surface area contributed by atoms with Gasteiger partial charge in [0.1, 0.15) is 5.52 Å². The average molecular weight is 565 g/mol. The van der Waals surface area contributed by atoms with Crippen LogP contribution in [0.4, 0.5) is 0 Å². The van der Waals surface area contributed by atoms with E-state index in [9.17, 15) is 0 Å². The molecule has 0 atom stereocenters. The molecule has 0 saturated carbocycles. The summed E-state index contributed by atoms with van der Waals surface area (Å²) in [6, 6.07) is 20.0. The smallest absolute Gasteiger partial charge is 0.190 e. The summed E-state index contributed by atoms with van der Waals surface area (Å²) in [6.07, 6.45) is 3.92. The van der Waals surface area contributed by atoms with Gasteiger partial charge < -0.3 is 28.9 Å². The van der Waals surface area contributed by atoms with Crippen molar-refractivity contribution in [3.8, 4) is 17.2 Å². The molecule has 5 heterocycles. The fraction of sp³-hybridized carbons (Fsp3) is 0.133. The minimum atomic E-state index is 0. The maximum absolute atomic E-state index is 5.99. The topological polar surface area (TPSA) is 94.3 Å². The van der Waals surface area contributed by atoms with Crippen LogP contribution in [0.3, 0.4) is 0 Å². The van der Waals surface area contributed by atoms with E-state index in [2.05, 4.69) is 9.97 Å². The third kappa shape index (κ3) is 4.55. The van der Waals surface area contributed by atoms with Crippen LogP contribution in [0.25, 0.3) is 45.6 Å². The van der Waals surface area contributed by atoms with E-state index in [0.29, 0.717) is 39.7 Å². The number of H-pyrrole nitrogens is 2.